The van der Waals surface area contributed by atoms with Crippen LogP contribution in [0.4, 0.5) is 26.3 Å². The summed E-state index contributed by atoms with van der Waals surface area (Å²) >= 11 is 5.75. The van der Waals surface area contributed by atoms with Gasteiger partial charge in [0.05, 0.1) is 23.3 Å². The van der Waals surface area contributed by atoms with Gasteiger partial charge >= 0.3 is 12.4 Å². The Morgan fingerprint density at radius 1 is 1.08 bits per heavy atom. The van der Waals surface area contributed by atoms with Gasteiger partial charge in [-0.15, -0.1) is 0 Å². The van der Waals surface area contributed by atoms with E-state index in [0.717, 1.165) is 7.11 Å². The monoisotopic (exact) mass is 372 g/mol. The number of methoxy groups -OCH3 is 1. The lowest BCUT2D eigenvalue weighted by molar-refractivity contribution is -0.141. The summed E-state index contributed by atoms with van der Waals surface area (Å²) in [5.74, 6) is -1.15. The molecule has 0 radical (unpaired) electrons. The van der Waals surface area contributed by atoms with Crippen molar-refractivity contribution < 1.29 is 31.1 Å². The van der Waals surface area contributed by atoms with E-state index in [4.69, 9.17) is 16.3 Å². The van der Waals surface area contributed by atoms with E-state index in [2.05, 4.69) is 4.98 Å². The molecule has 2 aromatic rings. The van der Waals surface area contributed by atoms with E-state index in [1.807, 2.05) is 4.98 Å². The van der Waals surface area contributed by atoms with Crippen LogP contribution in [0.1, 0.15) is 11.3 Å². The van der Waals surface area contributed by atoms with Crippen LogP contribution in [-0.4, -0.2) is 17.1 Å². The quantitative estimate of drug-likeness (QED) is 0.806. The van der Waals surface area contributed by atoms with Crippen LogP contribution in [0.25, 0.3) is 11.4 Å². The molecule has 1 heterocycles. The summed E-state index contributed by atoms with van der Waals surface area (Å²) in [6, 6.07) is 1.26. The van der Waals surface area contributed by atoms with Crippen LogP contribution >= 0.6 is 11.6 Å². The minimum Gasteiger partial charge on any atom is -0.496 e. The molecular formula is C13H7ClF6N2O2. The van der Waals surface area contributed by atoms with Crippen molar-refractivity contribution in [1.29, 1.82) is 0 Å². The first kappa shape index (κ1) is 18.1. The van der Waals surface area contributed by atoms with E-state index < -0.39 is 51.3 Å². The second-order valence-electron chi connectivity index (χ2n) is 4.51. The Hall–Kier alpha value is -2.23. The molecule has 0 spiro atoms. The third-order valence-corrected chi connectivity index (χ3v) is 3.17. The summed E-state index contributed by atoms with van der Waals surface area (Å²) in [4.78, 5) is 16.6. The molecule has 0 saturated heterocycles. The Bertz CT molecular complexity index is 829. The average Bonchev–Trinajstić information content (AvgIpc) is 2.43. The number of H-pyrrole nitrogens is 1. The third-order valence-electron chi connectivity index (χ3n) is 2.87. The van der Waals surface area contributed by atoms with Gasteiger partial charge in [0.2, 0.25) is 0 Å². The second kappa shape index (κ2) is 6.00. The summed E-state index contributed by atoms with van der Waals surface area (Å²) in [6.45, 7) is 0. The van der Waals surface area contributed by atoms with Gasteiger partial charge in [-0.3, -0.25) is 4.79 Å². The van der Waals surface area contributed by atoms with Crippen molar-refractivity contribution in [1.82, 2.24) is 9.97 Å². The van der Waals surface area contributed by atoms with Crippen molar-refractivity contribution in [3.8, 4) is 17.1 Å². The molecule has 0 fully saturated rings. The van der Waals surface area contributed by atoms with E-state index in [1.165, 1.54) is 0 Å². The molecule has 2 rings (SSSR count). The largest absolute Gasteiger partial charge is 0.496 e. The highest BCUT2D eigenvalue weighted by Crippen LogP contribution is 2.41. The molecule has 0 bridgehead atoms. The molecule has 0 aliphatic carbocycles. The molecule has 4 nitrogen and oxygen atoms in total. The van der Waals surface area contributed by atoms with Crippen LogP contribution in [0, 0.1) is 0 Å². The summed E-state index contributed by atoms with van der Waals surface area (Å²) in [5, 5.41) is -0.579. The van der Waals surface area contributed by atoms with Crippen molar-refractivity contribution in [3.63, 3.8) is 0 Å². The zero-order chi connectivity index (χ0) is 18.3. The maximum Gasteiger partial charge on any atom is 0.433 e. The minimum atomic E-state index is -4.92. The van der Waals surface area contributed by atoms with Gasteiger partial charge in [0.1, 0.15) is 11.6 Å². The van der Waals surface area contributed by atoms with Crippen molar-refractivity contribution in [3.05, 3.63) is 44.8 Å². The fraction of sp³-hybridized carbons (Fsp3) is 0.231. The number of aromatic nitrogens is 2. The van der Waals surface area contributed by atoms with Gasteiger partial charge in [-0.05, 0) is 12.1 Å². The second-order valence-corrected chi connectivity index (χ2v) is 4.92. The Morgan fingerprint density at radius 3 is 2.21 bits per heavy atom. The Morgan fingerprint density at radius 2 is 1.71 bits per heavy atom. The average molecular weight is 373 g/mol. The van der Waals surface area contributed by atoms with Crippen LogP contribution in [0.2, 0.25) is 5.02 Å². The van der Waals surface area contributed by atoms with Crippen molar-refractivity contribution in [2.45, 2.75) is 12.4 Å². The molecule has 1 aromatic carbocycles. The van der Waals surface area contributed by atoms with E-state index >= 15 is 0 Å². The molecule has 0 amide bonds. The number of nitrogens with zero attached hydrogens (tertiary/aromatic N) is 1. The predicted octanol–water partition coefficient (Wildman–Crippen LogP) is 4.14. The number of hydrogen-bond acceptors (Lipinski definition) is 3. The van der Waals surface area contributed by atoms with Crippen LogP contribution < -0.4 is 10.3 Å². The molecule has 1 N–H and O–H groups in total. The molecule has 0 aliphatic heterocycles. The maximum absolute atomic E-state index is 12.8. The molecule has 0 unspecified atom stereocenters. The number of rotatable bonds is 2. The molecule has 130 valence electrons. The highest BCUT2D eigenvalue weighted by atomic mass is 35.5. The summed E-state index contributed by atoms with van der Waals surface area (Å²) in [7, 11) is 1.00. The molecular weight excluding hydrogens is 366 g/mol. The number of hydrogen-bond donors (Lipinski definition) is 1. The lowest BCUT2D eigenvalue weighted by atomic mass is 10.1. The highest BCUT2D eigenvalue weighted by Gasteiger charge is 2.35. The van der Waals surface area contributed by atoms with Crippen LogP contribution in [0.5, 0.6) is 5.75 Å². The van der Waals surface area contributed by atoms with E-state index in [1.54, 1.807) is 0 Å². The maximum atomic E-state index is 12.8. The number of nitrogens with one attached hydrogen (secondary N) is 1. The standard InChI is InChI=1S/C13H7ClF6N2O2/c1-24-7-3-5(12(15,16)17)2-6(14)10(7)11-21-8(13(18,19)20)4-9(23)22-11/h2-4H,1H3,(H,21,22,23). The van der Waals surface area contributed by atoms with Gasteiger partial charge in [-0.25, -0.2) is 4.98 Å². The number of benzene rings is 1. The lowest BCUT2D eigenvalue weighted by Crippen LogP contribution is -2.17. The zero-order valence-corrected chi connectivity index (χ0v) is 12.4. The Balaban J connectivity index is 2.74. The number of aromatic amines is 1. The summed E-state index contributed by atoms with van der Waals surface area (Å²) in [6.07, 6.45) is -9.67. The van der Waals surface area contributed by atoms with Gasteiger partial charge in [0.25, 0.3) is 5.56 Å². The first-order chi connectivity index (χ1) is 10.9. The number of alkyl halides is 6. The van der Waals surface area contributed by atoms with Crippen LogP contribution in [-0.2, 0) is 12.4 Å². The molecule has 0 saturated carbocycles. The van der Waals surface area contributed by atoms with Gasteiger partial charge in [-0.2, -0.15) is 26.3 Å². The zero-order valence-electron chi connectivity index (χ0n) is 11.6. The first-order valence-electron chi connectivity index (χ1n) is 6.07. The summed E-state index contributed by atoms with van der Waals surface area (Å²) in [5.41, 5.74) is -4.22. The number of ether oxygens (including phenoxy) is 1. The van der Waals surface area contributed by atoms with Crippen molar-refractivity contribution in [2.75, 3.05) is 7.11 Å². The highest BCUT2D eigenvalue weighted by molar-refractivity contribution is 6.33. The van der Waals surface area contributed by atoms with Gasteiger partial charge in [0, 0.05) is 6.07 Å². The van der Waals surface area contributed by atoms with Crippen LogP contribution in [0.15, 0.2) is 23.0 Å². The Labute approximate surface area is 135 Å². The van der Waals surface area contributed by atoms with Gasteiger partial charge in [0.15, 0.2) is 5.69 Å². The smallest absolute Gasteiger partial charge is 0.433 e. The lowest BCUT2D eigenvalue weighted by Gasteiger charge is -2.15. The van der Waals surface area contributed by atoms with Crippen molar-refractivity contribution >= 4 is 11.6 Å². The molecule has 0 atom stereocenters. The van der Waals surface area contributed by atoms with E-state index in [9.17, 15) is 31.1 Å². The summed E-state index contributed by atoms with van der Waals surface area (Å²) < 4.78 is 81.3. The van der Waals surface area contributed by atoms with Gasteiger partial charge < -0.3 is 9.72 Å². The third kappa shape index (κ3) is 3.64. The fourth-order valence-corrected chi connectivity index (χ4v) is 2.16. The number of halogens is 7. The first-order valence-corrected chi connectivity index (χ1v) is 6.45. The van der Waals surface area contributed by atoms with E-state index in [0.29, 0.717) is 12.1 Å². The van der Waals surface area contributed by atoms with Gasteiger partial charge in [-0.1, -0.05) is 11.6 Å². The molecule has 11 heteroatoms. The fourth-order valence-electron chi connectivity index (χ4n) is 1.86. The molecule has 1 aromatic heterocycles. The SMILES string of the molecule is COc1cc(C(F)(F)F)cc(Cl)c1-c1nc(C(F)(F)F)cc(=O)[nH]1. The molecule has 0 aliphatic rings. The topological polar surface area (TPSA) is 55.0 Å². The minimum absolute atomic E-state index is 0.216. The van der Waals surface area contributed by atoms with Crippen LogP contribution in [0.3, 0.4) is 0 Å². The van der Waals surface area contributed by atoms with E-state index in [-0.39, 0.29) is 6.07 Å². The normalized spacial score (nSPS) is 12.3. The predicted molar refractivity (Wildman–Crippen MR) is 71.9 cm³/mol. The molecule has 24 heavy (non-hydrogen) atoms. The Kier molecular flexibility index (Phi) is 4.53. The van der Waals surface area contributed by atoms with Crippen molar-refractivity contribution in [2.24, 2.45) is 0 Å².